The highest BCUT2D eigenvalue weighted by atomic mass is 19.4. The van der Waals surface area contributed by atoms with Gasteiger partial charge in [-0.3, -0.25) is 4.79 Å². The summed E-state index contributed by atoms with van der Waals surface area (Å²) in [6, 6.07) is 13.5. The van der Waals surface area contributed by atoms with Crippen LogP contribution in [0.4, 0.5) is 24.5 Å². The maximum Gasteiger partial charge on any atom is 0.417 e. The molecule has 3 aliphatic rings. The summed E-state index contributed by atoms with van der Waals surface area (Å²) in [6.07, 6.45) is 0.628. The number of aldehydes is 1. The third-order valence-electron chi connectivity index (χ3n) is 8.85. The number of anilines is 2. The van der Waals surface area contributed by atoms with Crippen LogP contribution in [0.5, 0.6) is 0 Å². The number of nitriles is 1. The standard InChI is InChI=1S/C30H33F3N4O2/c1-21-17-29(20-37(21)26-7-4-24(18-34)27(16-26)30(31,32)33)10-14-35(15-11-29)25-5-2-23(3-6-25)28(39)36-12-8-22(19-38)9-13-36/h2-7,16,19,21-22H,8-15,17,20H2,1H3/t21-/m0/s1. The third-order valence-corrected chi connectivity index (χ3v) is 8.85. The molecule has 2 aromatic carbocycles. The Morgan fingerprint density at radius 2 is 1.67 bits per heavy atom. The summed E-state index contributed by atoms with van der Waals surface area (Å²) in [5.74, 6) is 0.0511. The predicted octanol–water partition coefficient (Wildman–Crippen LogP) is 5.51. The average molecular weight is 539 g/mol. The van der Waals surface area contributed by atoms with Crippen molar-refractivity contribution in [3.05, 3.63) is 59.2 Å². The van der Waals surface area contributed by atoms with E-state index in [1.54, 1.807) is 12.1 Å². The molecule has 0 radical (unpaired) electrons. The van der Waals surface area contributed by atoms with Gasteiger partial charge in [-0.15, -0.1) is 0 Å². The lowest BCUT2D eigenvalue weighted by atomic mass is 9.76. The van der Waals surface area contributed by atoms with Crippen molar-refractivity contribution in [1.29, 1.82) is 5.26 Å². The fourth-order valence-corrected chi connectivity index (χ4v) is 6.54. The number of nitrogens with zero attached hydrogens (tertiary/aromatic N) is 4. The number of halogens is 3. The van der Waals surface area contributed by atoms with E-state index in [2.05, 4.69) is 16.7 Å². The summed E-state index contributed by atoms with van der Waals surface area (Å²) in [7, 11) is 0. The van der Waals surface area contributed by atoms with E-state index < -0.39 is 11.7 Å². The van der Waals surface area contributed by atoms with Crippen molar-refractivity contribution >= 4 is 23.6 Å². The topological polar surface area (TPSA) is 67.7 Å². The Morgan fingerprint density at radius 1 is 1.03 bits per heavy atom. The Labute approximate surface area is 227 Å². The number of piperidine rings is 2. The summed E-state index contributed by atoms with van der Waals surface area (Å²) in [6.45, 7) is 5.65. The van der Waals surface area contributed by atoms with Crippen molar-refractivity contribution in [3.8, 4) is 6.07 Å². The highest BCUT2D eigenvalue weighted by Gasteiger charge is 2.45. The SMILES string of the molecule is C[C@H]1CC2(CCN(c3ccc(C(=O)N4CCC(C=O)CC4)cc3)CC2)CN1c1ccc(C#N)c(C(F)(F)F)c1. The summed E-state index contributed by atoms with van der Waals surface area (Å²) in [5, 5.41) is 9.13. The Morgan fingerprint density at radius 3 is 2.26 bits per heavy atom. The van der Waals surface area contributed by atoms with Crippen molar-refractivity contribution in [2.45, 2.75) is 51.2 Å². The fourth-order valence-electron chi connectivity index (χ4n) is 6.54. The third kappa shape index (κ3) is 5.47. The highest BCUT2D eigenvalue weighted by Crippen LogP contribution is 2.46. The molecule has 1 atom stereocenters. The maximum atomic E-state index is 13.5. The molecule has 6 nitrogen and oxygen atoms in total. The van der Waals surface area contributed by atoms with Gasteiger partial charge < -0.3 is 19.5 Å². The number of hydrogen-bond acceptors (Lipinski definition) is 5. The van der Waals surface area contributed by atoms with E-state index in [0.29, 0.717) is 43.7 Å². The predicted molar refractivity (Wildman–Crippen MR) is 143 cm³/mol. The Kier molecular flexibility index (Phi) is 7.32. The molecular formula is C30H33F3N4O2. The zero-order chi connectivity index (χ0) is 27.8. The van der Waals surface area contributed by atoms with E-state index in [1.807, 2.05) is 29.2 Å². The molecule has 0 unspecified atom stereocenters. The number of benzene rings is 2. The van der Waals surface area contributed by atoms with Crippen LogP contribution in [0.2, 0.25) is 0 Å². The minimum atomic E-state index is -4.57. The van der Waals surface area contributed by atoms with Crippen molar-refractivity contribution in [1.82, 2.24) is 4.90 Å². The van der Waals surface area contributed by atoms with Gasteiger partial charge >= 0.3 is 6.18 Å². The van der Waals surface area contributed by atoms with Crippen LogP contribution in [0.3, 0.4) is 0 Å². The zero-order valence-corrected chi connectivity index (χ0v) is 22.1. The molecule has 2 aromatic rings. The Balaban J connectivity index is 1.21. The van der Waals surface area contributed by atoms with E-state index in [-0.39, 0.29) is 28.8 Å². The van der Waals surface area contributed by atoms with Crippen LogP contribution in [0, 0.1) is 22.7 Å². The van der Waals surface area contributed by atoms with Gasteiger partial charge in [0.2, 0.25) is 0 Å². The lowest BCUT2D eigenvalue weighted by Crippen LogP contribution is -2.41. The molecule has 3 aliphatic heterocycles. The molecule has 3 saturated heterocycles. The summed E-state index contributed by atoms with van der Waals surface area (Å²) >= 11 is 0. The second-order valence-corrected chi connectivity index (χ2v) is 11.3. The monoisotopic (exact) mass is 538 g/mol. The van der Waals surface area contributed by atoms with Gasteiger partial charge in [-0.05, 0) is 86.9 Å². The molecule has 3 heterocycles. The van der Waals surface area contributed by atoms with Gasteiger partial charge in [0.15, 0.2) is 0 Å². The molecular weight excluding hydrogens is 505 g/mol. The van der Waals surface area contributed by atoms with Crippen LogP contribution in [0.25, 0.3) is 0 Å². The van der Waals surface area contributed by atoms with Gasteiger partial charge in [0, 0.05) is 61.6 Å². The lowest BCUT2D eigenvalue weighted by Gasteiger charge is -2.40. The van der Waals surface area contributed by atoms with Crippen LogP contribution in [-0.4, -0.2) is 55.9 Å². The van der Waals surface area contributed by atoms with Crippen LogP contribution in [-0.2, 0) is 11.0 Å². The number of likely N-dealkylation sites (tertiary alicyclic amines) is 1. The average Bonchev–Trinajstić information content (AvgIpc) is 3.27. The molecule has 3 fully saturated rings. The molecule has 0 N–H and O–H groups in total. The summed E-state index contributed by atoms with van der Waals surface area (Å²) in [5.41, 5.74) is 1.03. The van der Waals surface area contributed by atoms with Crippen LogP contribution >= 0.6 is 0 Å². The molecule has 206 valence electrons. The zero-order valence-electron chi connectivity index (χ0n) is 22.1. The van der Waals surface area contributed by atoms with Crippen molar-refractivity contribution in [2.75, 3.05) is 42.5 Å². The molecule has 1 amide bonds. The minimum Gasteiger partial charge on any atom is -0.371 e. The molecule has 0 aliphatic carbocycles. The van der Waals surface area contributed by atoms with E-state index in [4.69, 9.17) is 5.26 Å². The fraction of sp³-hybridized carbons (Fsp3) is 0.500. The number of carbonyl (C=O) groups excluding carboxylic acids is 2. The quantitative estimate of drug-likeness (QED) is 0.480. The van der Waals surface area contributed by atoms with Crippen molar-refractivity contribution in [2.24, 2.45) is 11.3 Å². The molecule has 5 rings (SSSR count). The van der Waals surface area contributed by atoms with Crippen molar-refractivity contribution in [3.63, 3.8) is 0 Å². The van der Waals surface area contributed by atoms with Gasteiger partial charge in [-0.1, -0.05) is 0 Å². The van der Waals surface area contributed by atoms with E-state index >= 15 is 0 Å². The van der Waals surface area contributed by atoms with Gasteiger partial charge in [-0.2, -0.15) is 18.4 Å². The number of alkyl halides is 3. The Hall–Kier alpha value is -3.54. The number of rotatable bonds is 4. The Bertz CT molecular complexity index is 1250. The first kappa shape index (κ1) is 27.0. The summed E-state index contributed by atoms with van der Waals surface area (Å²) in [4.78, 5) is 30.1. The first-order chi connectivity index (χ1) is 18.6. The van der Waals surface area contributed by atoms with Crippen molar-refractivity contribution < 1.29 is 22.8 Å². The van der Waals surface area contributed by atoms with E-state index in [9.17, 15) is 22.8 Å². The molecule has 39 heavy (non-hydrogen) atoms. The van der Waals surface area contributed by atoms with E-state index in [1.165, 1.54) is 6.07 Å². The molecule has 9 heteroatoms. The first-order valence-electron chi connectivity index (χ1n) is 13.6. The highest BCUT2D eigenvalue weighted by molar-refractivity contribution is 5.94. The van der Waals surface area contributed by atoms with Gasteiger partial charge in [0.05, 0.1) is 17.2 Å². The second-order valence-electron chi connectivity index (χ2n) is 11.3. The number of hydrogen-bond donors (Lipinski definition) is 0. The van der Waals surface area contributed by atoms with Gasteiger partial charge in [-0.25, -0.2) is 0 Å². The number of carbonyl (C=O) groups is 2. The lowest BCUT2D eigenvalue weighted by molar-refractivity contribution is -0.137. The largest absolute Gasteiger partial charge is 0.417 e. The molecule has 0 bridgehead atoms. The number of amides is 1. The van der Waals surface area contributed by atoms with Crippen LogP contribution < -0.4 is 9.80 Å². The van der Waals surface area contributed by atoms with Crippen LogP contribution in [0.15, 0.2) is 42.5 Å². The molecule has 1 spiro atoms. The van der Waals surface area contributed by atoms with Gasteiger partial charge in [0.25, 0.3) is 5.91 Å². The summed E-state index contributed by atoms with van der Waals surface area (Å²) < 4.78 is 40.6. The van der Waals surface area contributed by atoms with E-state index in [0.717, 1.165) is 50.4 Å². The molecule has 0 saturated carbocycles. The van der Waals surface area contributed by atoms with Crippen LogP contribution in [0.1, 0.15) is 60.5 Å². The molecule has 0 aromatic heterocycles. The second kappa shape index (κ2) is 10.6. The van der Waals surface area contributed by atoms with Gasteiger partial charge in [0.1, 0.15) is 6.29 Å². The first-order valence-corrected chi connectivity index (χ1v) is 13.6. The smallest absolute Gasteiger partial charge is 0.371 e. The minimum absolute atomic E-state index is 0.0000127. The maximum absolute atomic E-state index is 13.5. The normalized spacial score (nSPS) is 21.7.